The van der Waals surface area contributed by atoms with Gasteiger partial charge in [0, 0.05) is 12.1 Å². The summed E-state index contributed by atoms with van der Waals surface area (Å²) in [5, 5.41) is 4.75. The van der Waals surface area contributed by atoms with Crippen molar-refractivity contribution in [1.82, 2.24) is 14.8 Å². The van der Waals surface area contributed by atoms with Crippen LogP contribution in [0.15, 0.2) is 28.9 Å². The SMILES string of the molecule is Brc1c(-c2ccccn2)nn2c1C1CCC2C1. The summed E-state index contributed by atoms with van der Waals surface area (Å²) in [6.45, 7) is 0. The Balaban J connectivity index is 1.90. The van der Waals surface area contributed by atoms with E-state index in [1.807, 2.05) is 24.4 Å². The highest BCUT2D eigenvalue weighted by molar-refractivity contribution is 9.10. The molecule has 4 rings (SSSR count). The standard InChI is InChI=1S/C13H12BrN3/c14-11-12(10-3-1-2-6-15-10)16-17-9-5-4-8(7-9)13(11)17/h1-3,6,8-9H,4-5,7H2. The molecule has 0 radical (unpaired) electrons. The molecule has 1 saturated carbocycles. The second kappa shape index (κ2) is 3.42. The second-order valence-corrected chi connectivity index (χ2v) is 5.66. The van der Waals surface area contributed by atoms with Gasteiger partial charge in [-0.25, -0.2) is 0 Å². The number of nitrogens with zero attached hydrogens (tertiary/aromatic N) is 3. The first kappa shape index (κ1) is 9.83. The highest BCUT2D eigenvalue weighted by atomic mass is 79.9. The number of halogens is 1. The molecule has 0 saturated heterocycles. The van der Waals surface area contributed by atoms with Gasteiger partial charge in [-0.2, -0.15) is 5.10 Å². The predicted molar refractivity (Wildman–Crippen MR) is 68.8 cm³/mol. The third kappa shape index (κ3) is 1.27. The Bertz CT molecular complexity index is 576. The van der Waals surface area contributed by atoms with E-state index in [-0.39, 0.29) is 0 Å². The Morgan fingerprint density at radius 2 is 2.24 bits per heavy atom. The third-order valence-corrected chi connectivity index (χ3v) is 4.71. The smallest absolute Gasteiger partial charge is 0.125 e. The van der Waals surface area contributed by atoms with Crippen molar-refractivity contribution in [3.05, 3.63) is 34.6 Å². The van der Waals surface area contributed by atoms with Crippen LogP contribution in [0.4, 0.5) is 0 Å². The van der Waals surface area contributed by atoms with E-state index < -0.39 is 0 Å². The van der Waals surface area contributed by atoms with E-state index in [0.717, 1.165) is 15.9 Å². The highest BCUT2D eigenvalue weighted by Crippen LogP contribution is 2.52. The van der Waals surface area contributed by atoms with Crippen molar-refractivity contribution in [3.63, 3.8) is 0 Å². The van der Waals surface area contributed by atoms with Gasteiger partial charge in [0.05, 0.1) is 21.9 Å². The van der Waals surface area contributed by atoms with Crippen molar-refractivity contribution in [2.24, 2.45) is 0 Å². The number of hydrogen-bond donors (Lipinski definition) is 0. The first-order valence-corrected chi connectivity index (χ1v) is 6.83. The van der Waals surface area contributed by atoms with Crippen LogP contribution in [0.25, 0.3) is 11.4 Å². The summed E-state index contributed by atoms with van der Waals surface area (Å²) in [5.41, 5.74) is 3.35. The normalized spacial score (nSPS) is 25.2. The molecule has 0 aromatic carbocycles. The first-order valence-electron chi connectivity index (χ1n) is 6.04. The highest BCUT2D eigenvalue weighted by Gasteiger charge is 2.40. The average Bonchev–Trinajstić information content (AvgIpc) is 3.03. The first-order chi connectivity index (χ1) is 8.34. The molecule has 1 aliphatic carbocycles. The Hall–Kier alpha value is -1.16. The monoisotopic (exact) mass is 289 g/mol. The van der Waals surface area contributed by atoms with Gasteiger partial charge in [-0.3, -0.25) is 9.67 Å². The maximum Gasteiger partial charge on any atom is 0.125 e. The molecule has 4 heteroatoms. The van der Waals surface area contributed by atoms with Crippen molar-refractivity contribution in [2.75, 3.05) is 0 Å². The zero-order chi connectivity index (χ0) is 11.4. The number of hydrogen-bond acceptors (Lipinski definition) is 2. The molecule has 17 heavy (non-hydrogen) atoms. The van der Waals surface area contributed by atoms with E-state index in [9.17, 15) is 0 Å². The lowest BCUT2D eigenvalue weighted by Crippen LogP contribution is -2.07. The molecule has 0 amide bonds. The van der Waals surface area contributed by atoms with Crippen LogP contribution in [-0.2, 0) is 0 Å². The summed E-state index contributed by atoms with van der Waals surface area (Å²) in [5.74, 6) is 0.708. The molecule has 2 atom stereocenters. The lowest BCUT2D eigenvalue weighted by atomic mass is 10.0. The fraction of sp³-hybridized carbons (Fsp3) is 0.385. The molecule has 0 spiro atoms. The predicted octanol–water partition coefficient (Wildman–Crippen LogP) is 3.53. The fourth-order valence-corrected chi connectivity index (χ4v) is 3.95. The minimum atomic E-state index is 0.628. The molecule has 2 aromatic heterocycles. The third-order valence-electron chi connectivity index (χ3n) is 3.93. The van der Waals surface area contributed by atoms with E-state index in [1.54, 1.807) is 0 Å². The van der Waals surface area contributed by atoms with Crippen LogP contribution >= 0.6 is 15.9 Å². The van der Waals surface area contributed by atoms with Gasteiger partial charge in [0.2, 0.25) is 0 Å². The van der Waals surface area contributed by atoms with Crippen LogP contribution in [0.3, 0.4) is 0 Å². The zero-order valence-corrected chi connectivity index (χ0v) is 10.9. The van der Waals surface area contributed by atoms with Gasteiger partial charge in [0.1, 0.15) is 5.69 Å². The average molecular weight is 290 g/mol. The maximum atomic E-state index is 4.75. The molecule has 3 heterocycles. The molecule has 86 valence electrons. The van der Waals surface area contributed by atoms with Crippen LogP contribution in [0.2, 0.25) is 0 Å². The Morgan fingerprint density at radius 1 is 1.29 bits per heavy atom. The molecular formula is C13H12BrN3. The Kier molecular flexibility index (Phi) is 1.98. The summed E-state index contributed by atoms with van der Waals surface area (Å²) in [7, 11) is 0. The number of fused-ring (bicyclic) bond motifs is 5. The molecule has 2 bridgehead atoms. The van der Waals surface area contributed by atoms with Crippen LogP contribution in [0, 0.1) is 0 Å². The van der Waals surface area contributed by atoms with Crippen molar-refractivity contribution in [3.8, 4) is 11.4 Å². The molecular weight excluding hydrogens is 278 g/mol. The quantitative estimate of drug-likeness (QED) is 0.804. The maximum absolute atomic E-state index is 4.75. The van der Waals surface area contributed by atoms with Gasteiger partial charge in [-0.05, 0) is 47.3 Å². The minimum Gasteiger partial charge on any atom is -0.264 e. The molecule has 3 nitrogen and oxygen atoms in total. The second-order valence-electron chi connectivity index (χ2n) is 4.87. The van der Waals surface area contributed by atoms with Crippen LogP contribution < -0.4 is 0 Å². The minimum absolute atomic E-state index is 0.628. The van der Waals surface area contributed by atoms with Crippen molar-refractivity contribution in [2.45, 2.75) is 31.2 Å². The van der Waals surface area contributed by atoms with Gasteiger partial charge in [-0.1, -0.05) is 6.07 Å². The molecule has 2 unspecified atom stereocenters. The largest absolute Gasteiger partial charge is 0.264 e. The summed E-state index contributed by atoms with van der Waals surface area (Å²) in [6.07, 6.45) is 5.70. The van der Waals surface area contributed by atoms with Crippen molar-refractivity contribution < 1.29 is 0 Å². The summed E-state index contributed by atoms with van der Waals surface area (Å²) >= 11 is 3.72. The van der Waals surface area contributed by atoms with E-state index >= 15 is 0 Å². The van der Waals surface area contributed by atoms with Crippen LogP contribution in [0.5, 0.6) is 0 Å². The van der Waals surface area contributed by atoms with Gasteiger partial charge >= 0.3 is 0 Å². The van der Waals surface area contributed by atoms with E-state index in [1.165, 1.54) is 25.0 Å². The van der Waals surface area contributed by atoms with E-state index in [0.29, 0.717) is 12.0 Å². The fourth-order valence-electron chi connectivity index (χ4n) is 3.17. The van der Waals surface area contributed by atoms with E-state index in [2.05, 4.69) is 25.6 Å². The molecule has 1 aliphatic heterocycles. The molecule has 0 N–H and O–H groups in total. The van der Waals surface area contributed by atoms with Crippen LogP contribution in [0.1, 0.15) is 36.9 Å². The Morgan fingerprint density at radius 3 is 3.00 bits per heavy atom. The lowest BCUT2D eigenvalue weighted by molar-refractivity contribution is 0.477. The molecule has 1 fully saturated rings. The summed E-state index contributed by atoms with van der Waals surface area (Å²) < 4.78 is 3.38. The number of rotatable bonds is 1. The van der Waals surface area contributed by atoms with E-state index in [4.69, 9.17) is 5.10 Å². The summed E-state index contributed by atoms with van der Waals surface area (Å²) in [6, 6.07) is 6.59. The van der Waals surface area contributed by atoms with Gasteiger partial charge in [0.25, 0.3) is 0 Å². The topological polar surface area (TPSA) is 30.7 Å². The van der Waals surface area contributed by atoms with Crippen LogP contribution in [-0.4, -0.2) is 14.8 Å². The zero-order valence-electron chi connectivity index (χ0n) is 9.31. The van der Waals surface area contributed by atoms with Gasteiger partial charge < -0.3 is 0 Å². The van der Waals surface area contributed by atoms with Crippen molar-refractivity contribution in [1.29, 1.82) is 0 Å². The summed E-state index contributed by atoms with van der Waals surface area (Å²) in [4.78, 5) is 4.39. The molecule has 2 aromatic rings. The molecule has 2 aliphatic rings. The number of pyridine rings is 1. The van der Waals surface area contributed by atoms with Gasteiger partial charge in [0.15, 0.2) is 0 Å². The van der Waals surface area contributed by atoms with Gasteiger partial charge in [-0.15, -0.1) is 0 Å². The van der Waals surface area contributed by atoms with Crippen molar-refractivity contribution >= 4 is 15.9 Å². The number of aromatic nitrogens is 3. The lowest BCUT2D eigenvalue weighted by Gasteiger charge is -2.12. The Labute approximate surface area is 108 Å².